The molecule has 0 aromatic heterocycles. The largest absolute Gasteiger partial charge is 0.491 e. The van der Waals surface area contributed by atoms with E-state index in [0.717, 1.165) is 11.4 Å². The lowest BCUT2D eigenvalue weighted by Crippen LogP contribution is -2.40. The summed E-state index contributed by atoms with van der Waals surface area (Å²) in [6.45, 7) is 1.70. The Labute approximate surface area is 139 Å². The van der Waals surface area contributed by atoms with Gasteiger partial charge in [0.05, 0.1) is 23.2 Å². The average molecular weight is 330 g/mol. The maximum Gasteiger partial charge on any atom is 0.273 e. The van der Waals surface area contributed by atoms with Crippen LogP contribution in [0, 0.1) is 10.1 Å². The number of para-hydroxylation sites is 2. The molecule has 2 aromatic carbocycles. The number of nitro groups is 1. The predicted molar refractivity (Wildman–Crippen MR) is 88.7 cm³/mol. The molecule has 7 heteroatoms. The van der Waals surface area contributed by atoms with Crippen molar-refractivity contribution in [1.82, 2.24) is 0 Å². The molecule has 0 saturated carbocycles. The van der Waals surface area contributed by atoms with Crippen LogP contribution in [0.5, 0.6) is 11.5 Å². The molecule has 24 heavy (non-hydrogen) atoms. The molecule has 126 valence electrons. The SMILES string of the molecule is O=[N+]([O-])c1cccc(OC[C@@H](O)CN2CCOc3ccccc32)c1. The molecule has 0 radical (unpaired) electrons. The van der Waals surface area contributed by atoms with Crippen LogP contribution in [0.1, 0.15) is 0 Å². The van der Waals surface area contributed by atoms with Gasteiger partial charge in [-0.1, -0.05) is 18.2 Å². The Morgan fingerprint density at radius 2 is 2.12 bits per heavy atom. The number of anilines is 1. The van der Waals surface area contributed by atoms with Crippen LogP contribution in [0.25, 0.3) is 0 Å². The summed E-state index contributed by atoms with van der Waals surface area (Å²) in [4.78, 5) is 12.3. The van der Waals surface area contributed by atoms with Crippen molar-refractivity contribution >= 4 is 11.4 Å². The average Bonchev–Trinajstić information content (AvgIpc) is 2.60. The fourth-order valence-corrected chi connectivity index (χ4v) is 2.60. The molecule has 1 aliphatic rings. The van der Waals surface area contributed by atoms with Gasteiger partial charge >= 0.3 is 0 Å². The number of rotatable bonds is 6. The van der Waals surface area contributed by atoms with Crippen molar-refractivity contribution in [2.45, 2.75) is 6.10 Å². The third-order valence-electron chi connectivity index (χ3n) is 3.73. The number of aliphatic hydroxyl groups excluding tert-OH is 1. The van der Waals surface area contributed by atoms with E-state index in [1.165, 1.54) is 12.1 Å². The first-order chi connectivity index (χ1) is 11.6. The molecule has 1 N–H and O–H groups in total. The third kappa shape index (κ3) is 3.75. The van der Waals surface area contributed by atoms with Crippen LogP contribution in [0.3, 0.4) is 0 Å². The standard InChI is InChI=1S/C17H18N2O5/c20-14(12-24-15-5-3-4-13(10-15)19(21)22)11-18-8-9-23-17-7-2-1-6-16(17)18/h1-7,10,14,20H,8-9,11-12H2/t14-/m0/s1. The Morgan fingerprint density at radius 3 is 2.96 bits per heavy atom. The Kier molecular flexibility index (Phi) is 4.81. The summed E-state index contributed by atoms with van der Waals surface area (Å²) >= 11 is 0. The Balaban J connectivity index is 1.58. The van der Waals surface area contributed by atoms with Crippen LogP contribution in [-0.2, 0) is 0 Å². The molecule has 0 fully saturated rings. The highest BCUT2D eigenvalue weighted by atomic mass is 16.6. The number of hydrogen-bond acceptors (Lipinski definition) is 6. The zero-order chi connectivity index (χ0) is 16.9. The van der Waals surface area contributed by atoms with Crippen LogP contribution < -0.4 is 14.4 Å². The fraction of sp³-hybridized carbons (Fsp3) is 0.294. The number of ether oxygens (including phenoxy) is 2. The Hall–Kier alpha value is -2.80. The van der Waals surface area contributed by atoms with Crippen molar-refractivity contribution in [3.05, 3.63) is 58.6 Å². The number of nitrogens with zero attached hydrogens (tertiary/aromatic N) is 2. The van der Waals surface area contributed by atoms with Crippen LogP contribution in [0.15, 0.2) is 48.5 Å². The molecule has 7 nitrogen and oxygen atoms in total. The molecule has 3 rings (SSSR count). The van der Waals surface area contributed by atoms with E-state index in [0.29, 0.717) is 25.4 Å². The normalized spacial score (nSPS) is 14.5. The van der Waals surface area contributed by atoms with Gasteiger partial charge in [-0.2, -0.15) is 0 Å². The topological polar surface area (TPSA) is 85.1 Å². The number of nitro benzene ring substituents is 1. The van der Waals surface area contributed by atoms with Crippen LogP contribution >= 0.6 is 0 Å². The van der Waals surface area contributed by atoms with Gasteiger partial charge in [0, 0.05) is 12.6 Å². The maximum atomic E-state index is 10.8. The number of fused-ring (bicyclic) bond motifs is 1. The van der Waals surface area contributed by atoms with Gasteiger partial charge in [0.1, 0.15) is 30.8 Å². The summed E-state index contributed by atoms with van der Waals surface area (Å²) < 4.78 is 11.1. The first-order valence-electron chi connectivity index (χ1n) is 7.65. The van der Waals surface area contributed by atoms with E-state index >= 15 is 0 Å². The van der Waals surface area contributed by atoms with Gasteiger partial charge < -0.3 is 19.5 Å². The van der Waals surface area contributed by atoms with Crippen molar-refractivity contribution in [2.24, 2.45) is 0 Å². The smallest absolute Gasteiger partial charge is 0.273 e. The summed E-state index contributed by atoms with van der Waals surface area (Å²) in [6.07, 6.45) is -0.726. The molecule has 0 aliphatic carbocycles. The molecular weight excluding hydrogens is 312 g/mol. The number of aliphatic hydroxyl groups is 1. The fourth-order valence-electron chi connectivity index (χ4n) is 2.60. The lowest BCUT2D eigenvalue weighted by atomic mass is 10.2. The van der Waals surface area contributed by atoms with Gasteiger partial charge in [0.2, 0.25) is 0 Å². The Morgan fingerprint density at radius 1 is 1.29 bits per heavy atom. The van der Waals surface area contributed by atoms with Crippen molar-refractivity contribution in [3.8, 4) is 11.5 Å². The van der Waals surface area contributed by atoms with Crippen LogP contribution in [-0.4, -0.2) is 42.4 Å². The minimum absolute atomic E-state index is 0.0379. The van der Waals surface area contributed by atoms with Gasteiger partial charge in [0.15, 0.2) is 0 Å². The first-order valence-corrected chi connectivity index (χ1v) is 7.65. The minimum atomic E-state index is -0.726. The highest BCUT2D eigenvalue weighted by Crippen LogP contribution is 2.30. The van der Waals surface area contributed by atoms with Gasteiger partial charge in [-0.05, 0) is 18.2 Å². The highest BCUT2D eigenvalue weighted by Gasteiger charge is 2.20. The molecule has 1 atom stereocenters. The number of hydrogen-bond donors (Lipinski definition) is 1. The zero-order valence-corrected chi connectivity index (χ0v) is 13.0. The van der Waals surface area contributed by atoms with Gasteiger partial charge in [-0.3, -0.25) is 10.1 Å². The summed E-state index contributed by atoms with van der Waals surface area (Å²) in [5.41, 5.74) is 0.905. The van der Waals surface area contributed by atoms with Gasteiger partial charge in [-0.25, -0.2) is 0 Å². The predicted octanol–water partition coefficient (Wildman–Crippen LogP) is 2.23. The second-order valence-electron chi connectivity index (χ2n) is 5.48. The number of non-ortho nitro benzene ring substituents is 1. The number of benzene rings is 2. The summed E-state index contributed by atoms with van der Waals surface area (Å²) in [7, 11) is 0. The van der Waals surface area contributed by atoms with E-state index in [1.54, 1.807) is 12.1 Å². The van der Waals surface area contributed by atoms with E-state index in [1.807, 2.05) is 29.2 Å². The lowest BCUT2D eigenvalue weighted by Gasteiger charge is -2.32. The van der Waals surface area contributed by atoms with E-state index in [2.05, 4.69) is 0 Å². The quantitative estimate of drug-likeness (QED) is 0.646. The maximum absolute atomic E-state index is 10.8. The molecule has 1 aliphatic heterocycles. The minimum Gasteiger partial charge on any atom is -0.491 e. The molecule has 0 amide bonds. The number of β-amino-alcohol motifs (C(OH)–C–C–N with tert-alkyl or cyclic N) is 1. The monoisotopic (exact) mass is 330 g/mol. The second kappa shape index (κ2) is 7.18. The summed E-state index contributed by atoms with van der Waals surface area (Å²) in [6, 6.07) is 13.6. The lowest BCUT2D eigenvalue weighted by molar-refractivity contribution is -0.384. The first kappa shape index (κ1) is 16.1. The molecule has 0 bridgehead atoms. The van der Waals surface area contributed by atoms with Crippen LogP contribution in [0.2, 0.25) is 0 Å². The van der Waals surface area contributed by atoms with Gasteiger partial charge in [-0.15, -0.1) is 0 Å². The third-order valence-corrected chi connectivity index (χ3v) is 3.73. The Bertz CT molecular complexity index is 722. The summed E-state index contributed by atoms with van der Waals surface area (Å²) in [5.74, 6) is 1.17. The summed E-state index contributed by atoms with van der Waals surface area (Å²) in [5, 5.41) is 21.0. The molecule has 0 spiro atoms. The van der Waals surface area contributed by atoms with Crippen molar-refractivity contribution in [1.29, 1.82) is 0 Å². The molecule has 0 unspecified atom stereocenters. The zero-order valence-electron chi connectivity index (χ0n) is 13.0. The van der Waals surface area contributed by atoms with Gasteiger partial charge in [0.25, 0.3) is 5.69 Å². The molecule has 1 heterocycles. The molecule has 0 saturated heterocycles. The van der Waals surface area contributed by atoms with Crippen molar-refractivity contribution in [2.75, 3.05) is 31.2 Å². The molecule has 2 aromatic rings. The molecular formula is C17H18N2O5. The van der Waals surface area contributed by atoms with E-state index in [-0.39, 0.29) is 12.3 Å². The van der Waals surface area contributed by atoms with Crippen molar-refractivity contribution < 1.29 is 19.5 Å². The van der Waals surface area contributed by atoms with E-state index < -0.39 is 11.0 Å². The second-order valence-corrected chi connectivity index (χ2v) is 5.48. The van der Waals surface area contributed by atoms with Crippen molar-refractivity contribution in [3.63, 3.8) is 0 Å². The van der Waals surface area contributed by atoms with E-state index in [9.17, 15) is 15.2 Å². The van der Waals surface area contributed by atoms with Crippen LogP contribution in [0.4, 0.5) is 11.4 Å². The highest BCUT2D eigenvalue weighted by molar-refractivity contribution is 5.59. The van der Waals surface area contributed by atoms with E-state index in [4.69, 9.17) is 9.47 Å².